The Hall–Kier alpha value is -0.920. The molecule has 0 aliphatic carbocycles. The van der Waals surface area contributed by atoms with Crippen LogP contribution in [0.15, 0.2) is 23.5 Å². The molecule has 0 aliphatic heterocycles. The van der Waals surface area contributed by atoms with Crippen molar-refractivity contribution in [3.63, 3.8) is 0 Å². The molecule has 0 N–H and O–H groups in total. The van der Waals surface area contributed by atoms with Crippen LogP contribution >= 0.6 is 0 Å². The lowest BCUT2D eigenvalue weighted by molar-refractivity contribution is 0.321. The fourth-order valence-corrected chi connectivity index (χ4v) is 2.25. The summed E-state index contributed by atoms with van der Waals surface area (Å²) in [6.45, 7) is 17.7. The van der Waals surface area contributed by atoms with Crippen LogP contribution in [0.4, 0.5) is 0 Å². The van der Waals surface area contributed by atoms with Gasteiger partial charge in [-0.1, -0.05) is 19.4 Å². The number of rotatable bonds is 9. The fraction of sp³-hybridized carbons (Fsp3) is 0.750. The van der Waals surface area contributed by atoms with Crippen LogP contribution in [0.5, 0.6) is 0 Å². The van der Waals surface area contributed by atoms with Gasteiger partial charge in [0.15, 0.2) is 0 Å². The van der Waals surface area contributed by atoms with Crippen molar-refractivity contribution in [2.75, 3.05) is 26.2 Å². The average Bonchev–Trinajstić information content (AvgIpc) is 2.39. The third-order valence-corrected chi connectivity index (χ3v) is 3.44. The van der Waals surface area contributed by atoms with Gasteiger partial charge in [-0.25, -0.2) is 0 Å². The molecule has 0 rings (SSSR count). The highest BCUT2D eigenvalue weighted by atomic mass is 15.2. The first-order valence-electron chi connectivity index (χ1n) is 7.49. The van der Waals surface area contributed by atoms with Gasteiger partial charge in [0.1, 0.15) is 0 Å². The third-order valence-electron chi connectivity index (χ3n) is 3.44. The first kappa shape index (κ1) is 17.1. The van der Waals surface area contributed by atoms with E-state index in [0.717, 1.165) is 19.6 Å². The molecule has 0 aliphatic rings. The molecule has 2 heteroatoms. The standard InChI is InChI=1S/C16H32N2/c1-7-12-14-18(11-5)15(6)16(13-8-2)17(9-3)10-4/h8,13H,7,9-12,14H2,1-6H3/b13-8-,16-15-. The molecule has 0 unspecified atom stereocenters. The maximum Gasteiger partial charge on any atom is 0.0554 e. The average molecular weight is 252 g/mol. The highest BCUT2D eigenvalue weighted by Crippen LogP contribution is 2.16. The van der Waals surface area contributed by atoms with Crippen LogP contribution in [0, 0.1) is 0 Å². The Bertz CT molecular complexity index is 262. The second-order valence-electron chi connectivity index (χ2n) is 4.58. The van der Waals surface area contributed by atoms with Gasteiger partial charge >= 0.3 is 0 Å². The minimum absolute atomic E-state index is 1.07. The molecule has 0 amide bonds. The number of unbranched alkanes of at least 4 members (excludes halogenated alkanes) is 1. The van der Waals surface area contributed by atoms with Crippen molar-refractivity contribution < 1.29 is 0 Å². The summed E-state index contributed by atoms with van der Waals surface area (Å²) in [5.41, 5.74) is 2.79. The molecule has 0 bridgehead atoms. The molecule has 0 aromatic heterocycles. The second kappa shape index (κ2) is 10.0. The topological polar surface area (TPSA) is 6.48 Å². The van der Waals surface area contributed by atoms with Crippen molar-refractivity contribution in [2.24, 2.45) is 0 Å². The fourth-order valence-electron chi connectivity index (χ4n) is 2.25. The Morgan fingerprint density at radius 3 is 1.89 bits per heavy atom. The normalized spacial score (nSPS) is 12.8. The zero-order valence-corrected chi connectivity index (χ0v) is 13.3. The number of allylic oxidation sites excluding steroid dienone is 3. The number of nitrogens with zero attached hydrogens (tertiary/aromatic N) is 2. The quantitative estimate of drug-likeness (QED) is 0.566. The minimum atomic E-state index is 1.07. The van der Waals surface area contributed by atoms with Crippen molar-refractivity contribution in [1.82, 2.24) is 9.80 Å². The third kappa shape index (κ3) is 5.16. The monoisotopic (exact) mass is 252 g/mol. The van der Waals surface area contributed by atoms with Crippen LogP contribution in [-0.4, -0.2) is 36.0 Å². The van der Waals surface area contributed by atoms with Crippen LogP contribution in [0.3, 0.4) is 0 Å². The highest BCUT2D eigenvalue weighted by molar-refractivity contribution is 5.22. The van der Waals surface area contributed by atoms with E-state index in [4.69, 9.17) is 0 Å². The molecule has 0 radical (unpaired) electrons. The predicted molar refractivity (Wildman–Crippen MR) is 82.6 cm³/mol. The summed E-state index contributed by atoms with van der Waals surface area (Å²) in [5.74, 6) is 0. The van der Waals surface area contributed by atoms with Crippen LogP contribution in [-0.2, 0) is 0 Å². The van der Waals surface area contributed by atoms with E-state index in [2.05, 4.69) is 63.5 Å². The highest BCUT2D eigenvalue weighted by Gasteiger charge is 2.11. The van der Waals surface area contributed by atoms with Crippen LogP contribution in [0.25, 0.3) is 0 Å². The van der Waals surface area contributed by atoms with E-state index in [-0.39, 0.29) is 0 Å². The summed E-state index contributed by atoms with van der Waals surface area (Å²) in [5, 5.41) is 0. The lowest BCUT2D eigenvalue weighted by atomic mass is 10.2. The summed E-state index contributed by atoms with van der Waals surface area (Å²) < 4.78 is 0. The Balaban J connectivity index is 5.13. The summed E-state index contributed by atoms with van der Waals surface area (Å²) in [6.07, 6.45) is 6.92. The number of likely N-dealkylation sites (N-methyl/N-ethyl adjacent to an activating group) is 1. The van der Waals surface area contributed by atoms with Crippen molar-refractivity contribution in [3.8, 4) is 0 Å². The molecule has 18 heavy (non-hydrogen) atoms. The first-order chi connectivity index (χ1) is 8.65. The maximum atomic E-state index is 2.50. The van der Waals surface area contributed by atoms with Gasteiger partial charge in [-0.2, -0.15) is 0 Å². The van der Waals surface area contributed by atoms with Crippen molar-refractivity contribution in [1.29, 1.82) is 0 Å². The van der Waals surface area contributed by atoms with Crippen LogP contribution in [0.1, 0.15) is 54.4 Å². The molecular formula is C16H32N2. The van der Waals surface area contributed by atoms with Gasteiger partial charge in [0.25, 0.3) is 0 Å². The molecule has 0 aromatic carbocycles. The van der Waals surface area contributed by atoms with Crippen LogP contribution in [0.2, 0.25) is 0 Å². The van der Waals surface area contributed by atoms with E-state index in [0.29, 0.717) is 0 Å². The summed E-state index contributed by atoms with van der Waals surface area (Å²) in [6, 6.07) is 0. The lowest BCUT2D eigenvalue weighted by Crippen LogP contribution is -2.29. The van der Waals surface area contributed by atoms with Gasteiger partial charge in [-0.15, -0.1) is 0 Å². The molecular weight excluding hydrogens is 220 g/mol. The Kier molecular flexibility index (Phi) is 9.53. The van der Waals surface area contributed by atoms with Gasteiger partial charge < -0.3 is 9.80 Å². The lowest BCUT2D eigenvalue weighted by Gasteiger charge is -2.31. The van der Waals surface area contributed by atoms with E-state index >= 15 is 0 Å². The van der Waals surface area contributed by atoms with E-state index in [9.17, 15) is 0 Å². The number of hydrogen-bond donors (Lipinski definition) is 0. The van der Waals surface area contributed by atoms with Crippen LogP contribution < -0.4 is 0 Å². The smallest absolute Gasteiger partial charge is 0.0554 e. The first-order valence-corrected chi connectivity index (χ1v) is 7.49. The molecule has 106 valence electrons. The van der Waals surface area contributed by atoms with E-state index in [1.54, 1.807) is 0 Å². The van der Waals surface area contributed by atoms with Crippen molar-refractivity contribution in [2.45, 2.75) is 54.4 Å². The summed E-state index contributed by atoms with van der Waals surface area (Å²) >= 11 is 0. The Morgan fingerprint density at radius 1 is 0.944 bits per heavy atom. The van der Waals surface area contributed by atoms with E-state index in [1.807, 2.05) is 0 Å². The molecule has 0 saturated carbocycles. The second-order valence-corrected chi connectivity index (χ2v) is 4.58. The Morgan fingerprint density at radius 2 is 1.50 bits per heavy atom. The van der Waals surface area contributed by atoms with E-state index < -0.39 is 0 Å². The Labute approximate surface area is 114 Å². The molecule has 0 spiro atoms. The molecule has 0 heterocycles. The summed E-state index contributed by atoms with van der Waals surface area (Å²) in [4.78, 5) is 4.93. The molecule has 0 saturated heterocycles. The van der Waals surface area contributed by atoms with Crippen molar-refractivity contribution >= 4 is 0 Å². The predicted octanol–water partition coefficient (Wildman–Crippen LogP) is 4.26. The SMILES string of the molecule is C/C=C\C(=C(/C)N(CC)CCCC)N(CC)CC. The minimum Gasteiger partial charge on any atom is -0.374 e. The van der Waals surface area contributed by atoms with Gasteiger partial charge in [0.2, 0.25) is 0 Å². The zero-order chi connectivity index (χ0) is 14.0. The molecule has 0 fully saturated rings. The summed E-state index contributed by atoms with van der Waals surface area (Å²) in [7, 11) is 0. The number of hydrogen-bond acceptors (Lipinski definition) is 2. The molecule has 2 nitrogen and oxygen atoms in total. The zero-order valence-electron chi connectivity index (χ0n) is 13.3. The van der Waals surface area contributed by atoms with Gasteiger partial charge in [0, 0.05) is 31.9 Å². The van der Waals surface area contributed by atoms with E-state index in [1.165, 1.54) is 30.8 Å². The maximum absolute atomic E-state index is 2.50. The molecule has 0 aromatic rings. The largest absolute Gasteiger partial charge is 0.374 e. The van der Waals surface area contributed by atoms with Gasteiger partial charge in [-0.3, -0.25) is 0 Å². The van der Waals surface area contributed by atoms with Crippen molar-refractivity contribution in [3.05, 3.63) is 23.5 Å². The van der Waals surface area contributed by atoms with Gasteiger partial charge in [0.05, 0.1) is 5.70 Å². The van der Waals surface area contributed by atoms with Gasteiger partial charge in [-0.05, 0) is 47.1 Å². The molecule has 0 atom stereocenters.